The van der Waals surface area contributed by atoms with Crippen molar-refractivity contribution in [1.82, 2.24) is 5.32 Å². The maximum Gasteiger partial charge on any atom is 0.208 e. The smallest absolute Gasteiger partial charge is 0.208 e. The van der Waals surface area contributed by atoms with Gasteiger partial charge in [0, 0.05) is 16.5 Å². The minimum absolute atomic E-state index is 0.239. The van der Waals surface area contributed by atoms with Crippen LogP contribution in [0.4, 0.5) is 0 Å². The molecule has 5 heteroatoms. The third kappa shape index (κ3) is 4.23. The van der Waals surface area contributed by atoms with Gasteiger partial charge in [-0.25, -0.2) is 0 Å². The lowest BCUT2D eigenvalue weighted by molar-refractivity contribution is -0.109. The van der Waals surface area contributed by atoms with E-state index in [4.69, 9.17) is 9.47 Å². The van der Waals surface area contributed by atoms with Crippen molar-refractivity contribution in [2.75, 3.05) is 14.2 Å². The van der Waals surface area contributed by atoms with Crippen molar-refractivity contribution in [2.45, 2.75) is 30.5 Å². The van der Waals surface area contributed by atoms with Gasteiger partial charge < -0.3 is 14.8 Å². The van der Waals surface area contributed by atoms with Gasteiger partial charge in [0.1, 0.15) is 16.9 Å². The molecule has 0 fully saturated rings. The number of nitrogens with one attached hydrogen (secondary N) is 1. The van der Waals surface area contributed by atoms with Gasteiger partial charge in [-0.2, -0.15) is 0 Å². The zero-order valence-electron chi connectivity index (χ0n) is 14.5. The number of carbonyl (C=O) groups excluding carboxylic acids is 1. The molecule has 2 aromatic carbocycles. The number of rotatable bonds is 8. The molecule has 1 unspecified atom stereocenters. The molecule has 0 aliphatic rings. The number of hydrogen-bond donors (Lipinski definition) is 1. The number of carbonyl (C=O) groups is 1. The molecule has 0 saturated heterocycles. The largest absolute Gasteiger partial charge is 0.496 e. The third-order valence-corrected chi connectivity index (χ3v) is 4.96. The minimum atomic E-state index is -0.239. The number of ether oxygens (including phenoxy) is 2. The van der Waals surface area contributed by atoms with Gasteiger partial charge in [0.05, 0.1) is 14.2 Å². The first-order chi connectivity index (χ1) is 11.6. The van der Waals surface area contributed by atoms with Crippen molar-refractivity contribution >= 4 is 18.2 Å². The van der Waals surface area contributed by atoms with Crippen LogP contribution in [0.15, 0.2) is 41.3 Å². The van der Waals surface area contributed by atoms with Crippen molar-refractivity contribution in [3.8, 4) is 11.5 Å². The number of thioether (sulfide) groups is 1. The maximum absolute atomic E-state index is 11.1. The van der Waals surface area contributed by atoms with Crippen LogP contribution in [0.2, 0.25) is 0 Å². The van der Waals surface area contributed by atoms with Gasteiger partial charge in [0.2, 0.25) is 6.41 Å². The summed E-state index contributed by atoms with van der Waals surface area (Å²) in [4.78, 5) is 12.2. The number of hydrogen-bond acceptors (Lipinski definition) is 4. The Morgan fingerprint density at radius 2 is 1.79 bits per heavy atom. The number of methoxy groups -OCH3 is 2. The number of amides is 1. The van der Waals surface area contributed by atoms with Crippen LogP contribution in [0, 0.1) is 6.92 Å². The fourth-order valence-electron chi connectivity index (χ4n) is 2.48. The summed E-state index contributed by atoms with van der Waals surface area (Å²) in [6.45, 7) is 4.12. The van der Waals surface area contributed by atoms with E-state index < -0.39 is 0 Å². The van der Waals surface area contributed by atoms with Gasteiger partial charge in [-0.1, -0.05) is 36.4 Å². The fourth-order valence-corrected chi connectivity index (χ4v) is 3.48. The normalized spacial score (nSPS) is 11.7. The van der Waals surface area contributed by atoms with Crippen molar-refractivity contribution in [3.05, 3.63) is 53.1 Å². The van der Waals surface area contributed by atoms with Crippen LogP contribution in [0.5, 0.6) is 11.5 Å². The van der Waals surface area contributed by atoms with E-state index in [1.54, 1.807) is 26.0 Å². The lowest BCUT2D eigenvalue weighted by Crippen LogP contribution is -2.17. The Labute approximate surface area is 147 Å². The molecule has 0 radical (unpaired) electrons. The second-order valence-corrected chi connectivity index (χ2v) is 6.53. The van der Waals surface area contributed by atoms with Crippen molar-refractivity contribution in [2.24, 2.45) is 0 Å². The van der Waals surface area contributed by atoms with E-state index in [1.165, 1.54) is 5.56 Å². The lowest BCUT2D eigenvalue weighted by Gasteiger charge is -2.21. The van der Waals surface area contributed by atoms with Crippen LogP contribution in [-0.4, -0.2) is 20.6 Å². The SMILES string of the molecule is CCc1cc(C(NC=O)Sc2ccc(C)cc2)c(OC)cc1OC. The molecule has 128 valence electrons. The highest BCUT2D eigenvalue weighted by Gasteiger charge is 2.20. The molecule has 2 rings (SSSR count). The Morgan fingerprint density at radius 3 is 2.33 bits per heavy atom. The quantitative estimate of drug-likeness (QED) is 0.444. The van der Waals surface area contributed by atoms with Crippen LogP contribution in [0.3, 0.4) is 0 Å². The molecule has 1 atom stereocenters. The van der Waals surface area contributed by atoms with Crippen molar-refractivity contribution in [3.63, 3.8) is 0 Å². The summed E-state index contributed by atoms with van der Waals surface area (Å²) >= 11 is 1.57. The summed E-state index contributed by atoms with van der Waals surface area (Å²) in [5.74, 6) is 1.49. The van der Waals surface area contributed by atoms with Gasteiger partial charge in [-0.15, -0.1) is 0 Å². The van der Waals surface area contributed by atoms with Gasteiger partial charge in [0.25, 0.3) is 0 Å². The topological polar surface area (TPSA) is 47.6 Å². The molecular weight excluding hydrogens is 322 g/mol. The standard InChI is InChI=1S/C19H23NO3S/c1-5-14-10-16(18(23-4)11-17(14)22-3)19(20-12-21)24-15-8-6-13(2)7-9-15/h6-12,19H,5H2,1-4H3,(H,20,21). The summed E-state index contributed by atoms with van der Waals surface area (Å²) in [6, 6.07) is 12.1. The number of benzene rings is 2. The summed E-state index contributed by atoms with van der Waals surface area (Å²) in [7, 11) is 3.27. The van der Waals surface area contributed by atoms with E-state index in [0.717, 1.165) is 34.6 Å². The molecule has 0 spiro atoms. The Kier molecular flexibility index (Phi) is 6.55. The Bertz CT molecular complexity index is 686. The summed E-state index contributed by atoms with van der Waals surface area (Å²) in [6.07, 6.45) is 1.56. The molecular formula is C19H23NO3S. The van der Waals surface area contributed by atoms with Crippen LogP contribution < -0.4 is 14.8 Å². The monoisotopic (exact) mass is 345 g/mol. The second kappa shape index (κ2) is 8.64. The highest BCUT2D eigenvalue weighted by molar-refractivity contribution is 7.99. The van der Waals surface area contributed by atoms with E-state index in [0.29, 0.717) is 5.75 Å². The molecule has 4 nitrogen and oxygen atoms in total. The first kappa shape index (κ1) is 18.2. The van der Waals surface area contributed by atoms with Gasteiger partial charge in [-0.05, 0) is 37.1 Å². The summed E-state index contributed by atoms with van der Waals surface area (Å²) in [5.41, 5.74) is 3.21. The van der Waals surface area contributed by atoms with E-state index in [9.17, 15) is 4.79 Å². The van der Waals surface area contributed by atoms with Crippen LogP contribution in [-0.2, 0) is 11.2 Å². The third-order valence-electron chi connectivity index (χ3n) is 3.79. The van der Waals surface area contributed by atoms with E-state index >= 15 is 0 Å². The van der Waals surface area contributed by atoms with Crippen LogP contribution in [0.1, 0.15) is 29.0 Å². The molecule has 0 aromatic heterocycles. The fraction of sp³-hybridized carbons (Fsp3) is 0.316. The molecule has 0 saturated carbocycles. The van der Waals surface area contributed by atoms with Crippen molar-refractivity contribution < 1.29 is 14.3 Å². The maximum atomic E-state index is 11.1. The van der Waals surface area contributed by atoms with Crippen molar-refractivity contribution in [1.29, 1.82) is 0 Å². The van der Waals surface area contributed by atoms with Crippen LogP contribution >= 0.6 is 11.8 Å². The molecule has 24 heavy (non-hydrogen) atoms. The molecule has 0 aliphatic heterocycles. The first-order valence-corrected chi connectivity index (χ1v) is 8.68. The molecule has 0 heterocycles. The average molecular weight is 345 g/mol. The molecule has 0 bridgehead atoms. The Morgan fingerprint density at radius 1 is 1.12 bits per heavy atom. The predicted molar refractivity (Wildman–Crippen MR) is 97.9 cm³/mol. The Balaban J connectivity index is 2.41. The Hall–Kier alpha value is -2.14. The molecule has 1 N–H and O–H groups in total. The van der Waals surface area contributed by atoms with Crippen LogP contribution in [0.25, 0.3) is 0 Å². The highest BCUT2D eigenvalue weighted by Crippen LogP contribution is 2.40. The lowest BCUT2D eigenvalue weighted by atomic mass is 10.1. The van der Waals surface area contributed by atoms with E-state index in [2.05, 4.69) is 43.4 Å². The molecule has 1 amide bonds. The zero-order chi connectivity index (χ0) is 17.5. The first-order valence-electron chi connectivity index (χ1n) is 7.80. The number of aryl methyl sites for hydroxylation is 2. The minimum Gasteiger partial charge on any atom is -0.496 e. The summed E-state index contributed by atoms with van der Waals surface area (Å²) < 4.78 is 11.0. The zero-order valence-corrected chi connectivity index (χ0v) is 15.3. The highest BCUT2D eigenvalue weighted by atomic mass is 32.2. The van der Waals surface area contributed by atoms with E-state index in [1.807, 2.05) is 12.1 Å². The predicted octanol–water partition coefficient (Wildman–Crippen LogP) is 4.11. The summed E-state index contributed by atoms with van der Waals surface area (Å²) in [5, 5.41) is 2.65. The van der Waals surface area contributed by atoms with E-state index in [-0.39, 0.29) is 5.37 Å². The van der Waals surface area contributed by atoms with Gasteiger partial charge in [0.15, 0.2) is 0 Å². The van der Waals surface area contributed by atoms with Gasteiger partial charge >= 0.3 is 0 Å². The second-order valence-electron chi connectivity index (χ2n) is 5.36. The molecule has 2 aromatic rings. The molecule has 0 aliphatic carbocycles. The van der Waals surface area contributed by atoms with Gasteiger partial charge in [-0.3, -0.25) is 4.79 Å². The average Bonchev–Trinajstić information content (AvgIpc) is 2.61.